The fraction of sp³-hybridized carbons (Fsp3) is 0.333. The largest absolute Gasteiger partial charge is 0.373 e. The van der Waals surface area contributed by atoms with Crippen LogP contribution in [0.1, 0.15) is 12.0 Å². The highest BCUT2D eigenvalue weighted by Gasteiger charge is 2.21. The van der Waals surface area contributed by atoms with Crippen molar-refractivity contribution in [3.63, 3.8) is 0 Å². The number of rotatable bonds is 3. The first-order valence-corrected chi connectivity index (χ1v) is 5.10. The summed E-state index contributed by atoms with van der Waals surface area (Å²) in [6, 6.07) is 8.45. The van der Waals surface area contributed by atoms with Gasteiger partial charge in [-0.15, -0.1) is 0 Å². The average molecular weight is 187 g/mol. The lowest BCUT2D eigenvalue weighted by Gasteiger charge is -1.95. The summed E-state index contributed by atoms with van der Waals surface area (Å²) in [6.07, 6.45) is 4.92. The van der Waals surface area contributed by atoms with Gasteiger partial charge in [0.15, 0.2) is 0 Å². The Labute approximate surface area is 82.9 Å². The topological polar surface area (TPSA) is 28.3 Å². The normalized spacial score (nSPS) is 20.1. The van der Waals surface area contributed by atoms with Crippen molar-refractivity contribution < 1.29 is 4.74 Å². The molecule has 1 aromatic carbocycles. The number of epoxide rings is 1. The molecule has 1 saturated heterocycles. The number of H-pyrrole nitrogens is 1. The monoisotopic (exact) mass is 187 g/mol. The minimum absolute atomic E-state index is 0.531. The van der Waals surface area contributed by atoms with Gasteiger partial charge in [0.25, 0.3) is 0 Å². The van der Waals surface area contributed by atoms with Crippen molar-refractivity contribution in [2.75, 3.05) is 6.61 Å². The fourth-order valence-corrected chi connectivity index (χ4v) is 1.89. The zero-order chi connectivity index (χ0) is 9.38. The van der Waals surface area contributed by atoms with Crippen LogP contribution in [0.15, 0.2) is 30.5 Å². The van der Waals surface area contributed by atoms with Gasteiger partial charge in [-0.05, 0) is 24.5 Å². The summed E-state index contributed by atoms with van der Waals surface area (Å²) in [5.41, 5.74) is 2.65. The van der Waals surface area contributed by atoms with Crippen LogP contribution in [0, 0.1) is 0 Å². The van der Waals surface area contributed by atoms with Crippen molar-refractivity contribution in [3.05, 3.63) is 36.0 Å². The number of hydrogen-bond acceptors (Lipinski definition) is 1. The molecule has 14 heavy (non-hydrogen) atoms. The fourth-order valence-electron chi connectivity index (χ4n) is 1.89. The first kappa shape index (κ1) is 8.06. The predicted molar refractivity (Wildman–Crippen MR) is 56.4 cm³/mol. The molecular weight excluding hydrogens is 174 g/mol. The summed E-state index contributed by atoms with van der Waals surface area (Å²) in [7, 11) is 0. The van der Waals surface area contributed by atoms with Crippen molar-refractivity contribution in [2.45, 2.75) is 18.9 Å². The molecule has 1 atom stereocenters. The smallest absolute Gasteiger partial charge is 0.0813 e. The third-order valence-electron chi connectivity index (χ3n) is 2.81. The number of benzene rings is 1. The molecule has 1 aromatic heterocycles. The number of ether oxygens (including phenoxy) is 1. The Kier molecular flexibility index (Phi) is 1.81. The van der Waals surface area contributed by atoms with Gasteiger partial charge in [-0.1, -0.05) is 18.2 Å². The maximum absolute atomic E-state index is 5.21. The summed E-state index contributed by atoms with van der Waals surface area (Å²) < 4.78 is 5.21. The molecule has 1 fully saturated rings. The standard InChI is InChI=1S/C12H13NO/c1-2-4-12-11(3-1)9(7-13-12)5-6-10-8-14-10/h1-4,7,10,13H,5-6,8H2/t10-/m1/s1. The second kappa shape index (κ2) is 3.14. The van der Waals surface area contributed by atoms with Gasteiger partial charge in [-0.25, -0.2) is 0 Å². The maximum atomic E-state index is 5.21. The van der Waals surface area contributed by atoms with Crippen molar-refractivity contribution in [2.24, 2.45) is 0 Å². The average Bonchev–Trinajstić information content (AvgIpc) is 2.96. The van der Waals surface area contributed by atoms with E-state index in [0.717, 1.165) is 19.4 Å². The van der Waals surface area contributed by atoms with E-state index in [2.05, 4.69) is 35.4 Å². The Morgan fingerprint density at radius 3 is 3.07 bits per heavy atom. The Morgan fingerprint density at radius 2 is 2.21 bits per heavy atom. The van der Waals surface area contributed by atoms with Crippen LogP contribution >= 0.6 is 0 Å². The first-order valence-electron chi connectivity index (χ1n) is 5.10. The molecule has 72 valence electrons. The summed E-state index contributed by atoms with van der Waals surface area (Å²) in [4.78, 5) is 3.29. The van der Waals surface area contributed by atoms with E-state index >= 15 is 0 Å². The van der Waals surface area contributed by atoms with Crippen LogP contribution in [0.4, 0.5) is 0 Å². The van der Waals surface area contributed by atoms with E-state index in [-0.39, 0.29) is 0 Å². The Hall–Kier alpha value is -1.28. The quantitative estimate of drug-likeness (QED) is 0.735. The molecule has 2 nitrogen and oxygen atoms in total. The van der Waals surface area contributed by atoms with E-state index in [0.29, 0.717) is 6.10 Å². The molecule has 1 N–H and O–H groups in total. The molecule has 0 aliphatic carbocycles. The molecule has 0 amide bonds. The van der Waals surface area contributed by atoms with Gasteiger partial charge < -0.3 is 9.72 Å². The number of fused-ring (bicyclic) bond motifs is 1. The number of hydrogen-bond donors (Lipinski definition) is 1. The Bertz CT molecular complexity index is 442. The molecular formula is C12H13NO. The molecule has 0 spiro atoms. The van der Waals surface area contributed by atoms with Gasteiger partial charge in [0.1, 0.15) is 0 Å². The van der Waals surface area contributed by atoms with Crippen LogP contribution < -0.4 is 0 Å². The minimum atomic E-state index is 0.531. The molecule has 1 aliphatic rings. The van der Waals surface area contributed by atoms with Crippen LogP contribution in [0.2, 0.25) is 0 Å². The second-order valence-corrected chi connectivity index (χ2v) is 3.85. The number of aromatic nitrogens is 1. The molecule has 0 saturated carbocycles. The Morgan fingerprint density at radius 1 is 1.36 bits per heavy atom. The molecule has 1 aliphatic heterocycles. The van der Waals surface area contributed by atoms with E-state index < -0.39 is 0 Å². The highest BCUT2D eigenvalue weighted by molar-refractivity contribution is 5.82. The first-order chi connectivity index (χ1) is 6.93. The molecule has 2 aromatic rings. The lowest BCUT2D eigenvalue weighted by molar-refractivity contribution is 0.397. The highest BCUT2D eigenvalue weighted by atomic mass is 16.6. The summed E-state index contributed by atoms with van der Waals surface area (Å²) in [6.45, 7) is 0.961. The SMILES string of the molecule is c1ccc2c(CC[C@@H]3CO3)c[nH]c2c1. The highest BCUT2D eigenvalue weighted by Crippen LogP contribution is 2.22. The second-order valence-electron chi connectivity index (χ2n) is 3.85. The molecule has 0 unspecified atom stereocenters. The minimum Gasteiger partial charge on any atom is -0.373 e. The van der Waals surface area contributed by atoms with Gasteiger partial charge in [0.2, 0.25) is 0 Å². The van der Waals surface area contributed by atoms with E-state index in [1.807, 2.05) is 0 Å². The molecule has 2 heterocycles. The van der Waals surface area contributed by atoms with Crippen LogP contribution in [0.3, 0.4) is 0 Å². The van der Waals surface area contributed by atoms with Crippen molar-refractivity contribution >= 4 is 10.9 Å². The number of nitrogens with one attached hydrogen (secondary N) is 1. The van der Waals surface area contributed by atoms with E-state index in [1.165, 1.54) is 16.5 Å². The zero-order valence-corrected chi connectivity index (χ0v) is 7.99. The number of para-hydroxylation sites is 1. The van der Waals surface area contributed by atoms with Gasteiger partial charge in [-0.3, -0.25) is 0 Å². The van der Waals surface area contributed by atoms with Crippen LogP contribution in [-0.4, -0.2) is 17.7 Å². The van der Waals surface area contributed by atoms with E-state index in [4.69, 9.17) is 4.74 Å². The maximum Gasteiger partial charge on any atom is 0.0813 e. The predicted octanol–water partition coefficient (Wildman–Crippen LogP) is 2.50. The molecule has 0 radical (unpaired) electrons. The van der Waals surface area contributed by atoms with Gasteiger partial charge in [-0.2, -0.15) is 0 Å². The van der Waals surface area contributed by atoms with E-state index in [1.54, 1.807) is 0 Å². The van der Waals surface area contributed by atoms with Crippen LogP contribution in [0.5, 0.6) is 0 Å². The summed E-state index contributed by atoms with van der Waals surface area (Å²) in [5.74, 6) is 0. The van der Waals surface area contributed by atoms with Crippen molar-refractivity contribution in [1.82, 2.24) is 4.98 Å². The van der Waals surface area contributed by atoms with Gasteiger partial charge in [0.05, 0.1) is 12.7 Å². The summed E-state index contributed by atoms with van der Waals surface area (Å²) >= 11 is 0. The Balaban J connectivity index is 1.87. The lowest BCUT2D eigenvalue weighted by atomic mass is 10.1. The van der Waals surface area contributed by atoms with Crippen LogP contribution in [-0.2, 0) is 11.2 Å². The third-order valence-corrected chi connectivity index (χ3v) is 2.81. The third kappa shape index (κ3) is 1.42. The zero-order valence-electron chi connectivity index (χ0n) is 7.99. The van der Waals surface area contributed by atoms with E-state index in [9.17, 15) is 0 Å². The number of aryl methyl sites for hydroxylation is 1. The molecule has 2 heteroatoms. The summed E-state index contributed by atoms with van der Waals surface area (Å²) in [5, 5.41) is 1.35. The van der Waals surface area contributed by atoms with Gasteiger partial charge >= 0.3 is 0 Å². The number of aromatic amines is 1. The van der Waals surface area contributed by atoms with Gasteiger partial charge in [0, 0.05) is 17.1 Å². The van der Waals surface area contributed by atoms with Crippen molar-refractivity contribution in [1.29, 1.82) is 0 Å². The lowest BCUT2D eigenvalue weighted by Crippen LogP contribution is -1.89. The van der Waals surface area contributed by atoms with Crippen molar-refractivity contribution in [3.8, 4) is 0 Å². The molecule has 3 rings (SSSR count). The molecule has 0 bridgehead atoms. The van der Waals surface area contributed by atoms with Crippen LogP contribution in [0.25, 0.3) is 10.9 Å².